The van der Waals surface area contributed by atoms with Crippen LogP contribution in [0.15, 0.2) is 109 Å². The highest BCUT2D eigenvalue weighted by Gasteiger charge is 2.24. The molecule has 0 bridgehead atoms. The van der Waals surface area contributed by atoms with Crippen LogP contribution in [0.5, 0.6) is 0 Å². The Bertz CT molecular complexity index is 2160. The number of nitrogens with zero attached hydrogens (tertiary/aromatic N) is 1. The lowest BCUT2D eigenvalue weighted by Gasteiger charge is -2.28. The molecule has 0 radical (unpaired) electrons. The Hall–Kier alpha value is -4.05. The fraction of sp³-hybridized carbons (Fsp3) is 0.333. The molecular formula is C48H55ClN2S. The van der Waals surface area contributed by atoms with Crippen LogP contribution in [-0.2, 0) is 21.7 Å². The molecule has 0 fully saturated rings. The molecular weight excluding hydrogens is 672 g/mol. The topological polar surface area (TPSA) is 15.3 Å². The van der Waals surface area contributed by atoms with Gasteiger partial charge in [-0.05, 0) is 104 Å². The lowest BCUT2D eigenvalue weighted by molar-refractivity contribution is 0.569. The van der Waals surface area contributed by atoms with Gasteiger partial charge in [-0.1, -0.05) is 149 Å². The molecule has 270 valence electrons. The summed E-state index contributed by atoms with van der Waals surface area (Å²) in [7, 11) is 0. The van der Waals surface area contributed by atoms with Gasteiger partial charge in [0.15, 0.2) is 0 Å². The highest BCUT2D eigenvalue weighted by molar-refractivity contribution is 7.17. The van der Waals surface area contributed by atoms with E-state index in [0.29, 0.717) is 5.02 Å². The van der Waals surface area contributed by atoms with E-state index in [2.05, 4.69) is 202 Å². The van der Waals surface area contributed by atoms with Crippen LogP contribution in [0, 0.1) is 0 Å². The zero-order valence-electron chi connectivity index (χ0n) is 33.1. The Kier molecular flexibility index (Phi) is 9.96. The van der Waals surface area contributed by atoms with Gasteiger partial charge in [0.1, 0.15) is 0 Å². The van der Waals surface area contributed by atoms with Gasteiger partial charge in [0.25, 0.3) is 0 Å². The first-order chi connectivity index (χ1) is 24.2. The molecule has 0 atom stereocenters. The Morgan fingerprint density at radius 1 is 0.519 bits per heavy atom. The van der Waals surface area contributed by atoms with Gasteiger partial charge >= 0.3 is 0 Å². The monoisotopic (exact) mass is 726 g/mol. The summed E-state index contributed by atoms with van der Waals surface area (Å²) in [5.74, 6) is 0. The summed E-state index contributed by atoms with van der Waals surface area (Å²) in [6, 6.07) is 38.0. The third kappa shape index (κ3) is 7.97. The van der Waals surface area contributed by atoms with Gasteiger partial charge in [0.05, 0.1) is 22.1 Å². The summed E-state index contributed by atoms with van der Waals surface area (Å²) in [4.78, 5) is 2.33. The third-order valence-electron chi connectivity index (χ3n) is 10.0. The van der Waals surface area contributed by atoms with Crippen LogP contribution in [0.3, 0.4) is 0 Å². The summed E-state index contributed by atoms with van der Waals surface area (Å²) in [6.07, 6.45) is 0. The predicted octanol–water partition coefficient (Wildman–Crippen LogP) is 15.6. The van der Waals surface area contributed by atoms with Crippen molar-refractivity contribution < 1.29 is 0 Å². The van der Waals surface area contributed by atoms with E-state index < -0.39 is 0 Å². The quantitative estimate of drug-likeness (QED) is 0.184. The van der Waals surface area contributed by atoms with E-state index in [1.807, 2.05) is 0 Å². The van der Waals surface area contributed by atoms with Crippen molar-refractivity contribution >= 4 is 61.5 Å². The number of hydrogen-bond acceptors (Lipinski definition) is 3. The molecule has 0 aliphatic carbocycles. The molecule has 52 heavy (non-hydrogen) atoms. The van der Waals surface area contributed by atoms with Crippen molar-refractivity contribution in [2.45, 2.75) is 105 Å². The Balaban J connectivity index is 1.48. The summed E-state index contributed by atoms with van der Waals surface area (Å²) in [5.41, 5.74) is 12.9. The zero-order chi connectivity index (χ0) is 37.8. The van der Waals surface area contributed by atoms with Crippen LogP contribution in [0.25, 0.3) is 21.2 Å². The van der Waals surface area contributed by atoms with E-state index in [9.17, 15) is 0 Å². The molecule has 1 aromatic heterocycles. The molecule has 0 amide bonds. The maximum Gasteiger partial charge on any atom is 0.0881 e. The molecule has 0 aliphatic rings. The number of nitrogens with one attached hydrogen (secondary N) is 1. The molecule has 1 heterocycles. The number of rotatable bonds is 6. The fourth-order valence-corrected chi connectivity index (χ4v) is 7.69. The Morgan fingerprint density at radius 3 is 1.63 bits per heavy atom. The van der Waals surface area contributed by atoms with Crippen molar-refractivity contribution in [3.8, 4) is 11.1 Å². The predicted molar refractivity (Wildman–Crippen MR) is 231 cm³/mol. The van der Waals surface area contributed by atoms with Crippen molar-refractivity contribution in [3.63, 3.8) is 0 Å². The number of thiophene rings is 1. The van der Waals surface area contributed by atoms with Crippen LogP contribution in [0.2, 0.25) is 5.02 Å². The van der Waals surface area contributed by atoms with Gasteiger partial charge in [-0.25, -0.2) is 0 Å². The molecule has 0 saturated heterocycles. The van der Waals surface area contributed by atoms with Crippen LogP contribution < -0.4 is 10.2 Å². The van der Waals surface area contributed by atoms with Crippen molar-refractivity contribution in [1.29, 1.82) is 0 Å². The van der Waals surface area contributed by atoms with Crippen molar-refractivity contribution in [1.82, 2.24) is 0 Å². The number of halogens is 1. The second-order valence-corrected chi connectivity index (χ2v) is 19.6. The molecule has 2 nitrogen and oxygen atoms in total. The van der Waals surface area contributed by atoms with Crippen molar-refractivity contribution in [2.24, 2.45) is 0 Å². The molecule has 0 unspecified atom stereocenters. The van der Waals surface area contributed by atoms with E-state index in [1.54, 1.807) is 11.3 Å². The summed E-state index contributed by atoms with van der Waals surface area (Å²) >= 11 is 9.20. The van der Waals surface area contributed by atoms with Crippen molar-refractivity contribution in [3.05, 3.63) is 136 Å². The maximum atomic E-state index is 7.43. The van der Waals surface area contributed by atoms with E-state index in [0.717, 1.165) is 28.4 Å². The first kappa shape index (κ1) is 37.7. The van der Waals surface area contributed by atoms with Gasteiger partial charge in [0, 0.05) is 26.8 Å². The largest absolute Gasteiger partial charge is 0.354 e. The Morgan fingerprint density at radius 2 is 1.08 bits per heavy atom. The highest BCUT2D eigenvalue weighted by atomic mass is 35.5. The molecule has 0 saturated carbocycles. The average Bonchev–Trinajstić information content (AvgIpc) is 3.48. The lowest BCUT2D eigenvalue weighted by Crippen LogP contribution is -2.16. The fourth-order valence-electron chi connectivity index (χ4n) is 6.52. The van der Waals surface area contributed by atoms with E-state index in [-0.39, 0.29) is 21.7 Å². The second-order valence-electron chi connectivity index (χ2n) is 18.4. The van der Waals surface area contributed by atoms with E-state index in [4.69, 9.17) is 11.6 Å². The summed E-state index contributed by atoms with van der Waals surface area (Å²) in [5, 5.41) is 7.79. The molecule has 6 rings (SSSR count). The lowest BCUT2D eigenvalue weighted by atomic mass is 9.79. The minimum atomic E-state index is 0.0252. The summed E-state index contributed by atoms with van der Waals surface area (Å²) < 4.78 is 1.25. The number of anilines is 5. The van der Waals surface area contributed by atoms with Crippen LogP contribution in [-0.4, -0.2) is 0 Å². The standard InChI is InChI=1S/C48H55ClN2S/c1-45(2,3)33-18-21-37(22-19-33)50-40-14-13-15-41(44(40)49)51(42-30-52-43-25-20-34(29-39(42)43)46(4,5)6)38-23-16-31(17-24-38)32-26-35(47(7,8)9)28-36(27-32)48(10,11)12/h13-30,50H,1-12H3. The van der Waals surface area contributed by atoms with E-state index >= 15 is 0 Å². The number of benzene rings is 5. The SMILES string of the molecule is CC(C)(C)c1ccc(Nc2cccc(N(c3ccc(-c4cc(C(C)(C)C)cc(C(C)(C)C)c4)cc3)c3csc4ccc(C(C)(C)C)cc34)c2Cl)cc1. The van der Waals surface area contributed by atoms with Gasteiger partial charge in [0.2, 0.25) is 0 Å². The van der Waals surface area contributed by atoms with Crippen LogP contribution >= 0.6 is 22.9 Å². The minimum absolute atomic E-state index is 0.0252. The Labute approximate surface area is 321 Å². The molecule has 1 N–H and O–H groups in total. The van der Waals surface area contributed by atoms with Crippen LogP contribution in [0.4, 0.5) is 28.4 Å². The zero-order valence-corrected chi connectivity index (χ0v) is 34.7. The van der Waals surface area contributed by atoms with Gasteiger partial charge in [-0.3, -0.25) is 0 Å². The molecule has 6 aromatic rings. The molecule has 0 aliphatic heterocycles. The third-order valence-corrected chi connectivity index (χ3v) is 11.4. The number of fused-ring (bicyclic) bond motifs is 1. The van der Waals surface area contributed by atoms with Crippen LogP contribution in [0.1, 0.15) is 105 Å². The van der Waals surface area contributed by atoms with E-state index in [1.165, 1.54) is 43.5 Å². The first-order valence-electron chi connectivity index (χ1n) is 18.4. The summed E-state index contributed by atoms with van der Waals surface area (Å²) in [6.45, 7) is 27.3. The van der Waals surface area contributed by atoms with Crippen molar-refractivity contribution in [2.75, 3.05) is 10.2 Å². The maximum absolute atomic E-state index is 7.43. The minimum Gasteiger partial charge on any atom is -0.354 e. The van der Waals surface area contributed by atoms with Gasteiger partial charge in [-0.2, -0.15) is 0 Å². The average molecular weight is 728 g/mol. The van der Waals surface area contributed by atoms with Gasteiger partial charge in [-0.15, -0.1) is 11.3 Å². The van der Waals surface area contributed by atoms with Gasteiger partial charge < -0.3 is 10.2 Å². The number of hydrogen-bond donors (Lipinski definition) is 1. The smallest absolute Gasteiger partial charge is 0.0881 e. The highest BCUT2D eigenvalue weighted by Crippen LogP contribution is 2.47. The normalized spacial score (nSPS) is 12.7. The molecule has 5 aromatic carbocycles. The second kappa shape index (κ2) is 13.7. The molecule has 4 heteroatoms. The first-order valence-corrected chi connectivity index (χ1v) is 19.7. The molecule has 0 spiro atoms.